The molecule has 0 spiro atoms. The third-order valence-electron chi connectivity index (χ3n) is 3.06. The van der Waals surface area contributed by atoms with E-state index in [1.807, 2.05) is 0 Å². The number of nitrogens with two attached hydrogens (primary N) is 1. The van der Waals surface area contributed by atoms with Crippen molar-refractivity contribution in [1.82, 2.24) is 4.72 Å². The van der Waals surface area contributed by atoms with Crippen LogP contribution >= 0.6 is 11.3 Å². The van der Waals surface area contributed by atoms with Crippen LogP contribution in [0, 0.1) is 10.1 Å². The van der Waals surface area contributed by atoms with Gasteiger partial charge in [0.2, 0.25) is 10.0 Å². The van der Waals surface area contributed by atoms with E-state index in [2.05, 4.69) is 10.1 Å². The van der Waals surface area contributed by atoms with Gasteiger partial charge in [-0.2, -0.15) is 0 Å². The highest BCUT2D eigenvalue weighted by Gasteiger charge is 2.26. The van der Waals surface area contributed by atoms with Gasteiger partial charge in [0.05, 0.1) is 11.0 Å². The van der Waals surface area contributed by atoms with Crippen molar-refractivity contribution in [2.24, 2.45) is 5.84 Å². The summed E-state index contributed by atoms with van der Waals surface area (Å²) in [5.74, 6) is 5.15. The second kappa shape index (κ2) is 6.66. The Morgan fingerprint density at radius 3 is 2.86 bits per heavy atom. The van der Waals surface area contributed by atoms with E-state index in [9.17, 15) is 18.5 Å². The van der Waals surface area contributed by atoms with Crippen LogP contribution in [0.3, 0.4) is 0 Å². The summed E-state index contributed by atoms with van der Waals surface area (Å²) in [6, 6.07) is 0.994. The number of nitrogen functional groups attached to an aromatic ring is 1. The second-order valence-electron chi connectivity index (χ2n) is 4.50. The molecule has 11 heteroatoms. The van der Waals surface area contributed by atoms with Crippen molar-refractivity contribution >= 4 is 32.0 Å². The quantitative estimate of drug-likeness (QED) is 0.380. The van der Waals surface area contributed by atoms with Gasteiger partial charge in [-0.25, -0.2) is 19.0 Å². The third-order valence-corrected chi connectivity index (χ3v) is 6.06. The maximum Gasteiger partial charge on any atom is 0.306 e. The molecule has 0 amide bonds. The van der Waals surface area contributed by atoms with Crippen molar-refractivity contribution in [2.75, 3.05) is 18.6 Å². The summed E-state index contributed by atoms with van der Waals surface area (Å²) < 4.78 is 31.8. The summed E-state index contributed by atoms with van der Waals surface area (Å²) in [5, 5.41) is 10.8. The van der Waals surface area contributed by atoms with Gasteiger partial charge in [-0.3, -0.25) is 10.1 Å². The smallest absolute Gasteiger partial charge is 0.306 e. The summed E-state index contributed by atoms with van der Waals surface area (Å²) in [6.45, 7) is 0.935. The van der Waals surface area contributed by atoms with Crippen LogP contribution in [-0.2, 0) is 14.8 Å². The molecule has 0 radical (unpaired) electrons. The fourth-order valence-electron chi connectivity index (χ4n) is 2.03. The lowest BCUT2D eigenvalue weighted by molar-refractivity contribution is -0.383. The van der Waals surface area contributed by atoms with Crippen LogP contribution < -0.4 is 16.0 Å². The molecule has 4 N–H and O–H groups in total. The van der Waals surface area contributed by atoms with Gasteiger partial charge < -0.3 is 10.2 Å². The normalized spacial score (nSPS) is 18.8. The Balaban J connectivity index is 2.03. The maximum atomic E-state index is 12.1. The molecule has 1 atom stereocenters. The predicted octanol–water partition coefficient (Wildman–Crippen LogP) is 0.789. The SMILES string of the molecule is NNc1sc(S(=O)(=O)NCCC2CCCO2)cc1[N+](=O)[O-]. The monoisotopic (exact) mass is 336 g/mol. The highest BCUT2D eigenvalue weighted by Crippen LogP contribution is 2.36. The van der Waals surface area contributed by atoms with Gasteiger partial charge in [0, 0.05) is 19.2 Å². The Morgan fingerprint density at radius 1 is 1.57 bits per heavy atom. The van der Waals surface area contributed by atoms with E-state index >= 15 is 0 Å². The van der Waals surface area contributed by atoms with E-state index in [1.54, 1.807) is 0 Å². The van der Waals surface area contributed by atoms with E-state index in [0.717, 1.165) is 30.2 Å². The minimum atomic E-state index is -3.78. The number of nitrogens with zero attached hydrogens (tertiary/aromatic N) is 1. The zero-order chi connectivity index (χ0) is 15.5. The Hall–Kier alpha value is -1.27. The lowest BCUT2D eigenvalue weighted by Gasteiger charge is -2.09. The van der Waals surface area contributed by atoms with Gasteiger partial charge in [0.1, 0.15) is 4.21 Å². The number of anilines is 1. The van der Waals surface area contributed by atoms with Crippen LogP contribution in [0.4, 0.5) is 10.7 Å². The van der Waals surface area contributed by atoms with Crippen LogP contribution in [0.1, 0.15) is 19.3 Å². The van der Waals surface area contributed by atoms with Crippen molar-refractivity contribution in [3.05, 3.63) is 16.2 Å². The number of hydrazine groups is 1. The summed E-state index contributed by atoms with van der Waals surface area (Å²) in [7, 11) is -3.78. The molecule has 0 bridgehead atoms. The molecule has 0 saturated carbocycles. The summed E-state index contributed by atoms with van der Waals surface area (Å²) in [4.78, 5) is 10.1. The van der Waals surface area contributed by atoms with Crippen molar-refractivity contribution < 1.29 is 18.1 Å². The molecule has 1 unspecified atom stereocenters. The Bertz CT molecular complexity index is 609. The Morgan fingerprint density at radius 2 is 2.33 bits per heavy atom. The number of hydrogen-bond acceptors (Lipinski definition) is 8. The van der Waals surface area contributed by atoms with Gasteiger partial charge in [-0.05, 0) is 19.3 Å². The second-order valence-corrected chi connectivity index (χ2v) is 7.55. The zero-order valence-electron chi connectivity index (χ0n) is 11.1. The summed E-state index contributed by atoms with van der Waals surface area (Å²) >= 11 is 0.718. The van der Waals surface area contributed by atoms with E-state index in [0.29, 0.717) is 13.0 Å². The molecule has 1 aliphatic heterocycles. The molecule has 0 aliphatic carbocycles. The number of nitrogens with one attached hydrogen (secondary N) is 2. The number of ether oxygens (including phenoxy) is 1. The average Bonchev–Trinajstić information content (AvgIpc) is 3.07. The molecule has 2 heterocycles. The first-order valence-corrected chi connectivity index (χ1v) is 8.60. The fraction of sp³-hybridized carbons (Fsp3) is 0.600. The number of hydrogen-bond donors (Lipinski definition) is 3. The molecule has 2 rings (SSSR count). The number of nitro groups is 1. The molecular weight excluding hydrogens is 320 g/mol. The van der Waals surface area contributed by atoms with Crippen LogP contribution in [0.15, 0.2) is 10.3 Å². The van der Waals surface area contributed by atoms with Crippen LogP contribution in [0.5, 0.6) is 0 Å². The third kappa shape index (κ3) is 3.89. The van der Waals surface area contributed by atoms with Gasteiger partial charge in [0.25, 0.3) is 0 Å². The topological polar surface area (TPSA) is 137 Å². The van der Waals surface area contributed by atoms with Crippen LogP contribution in [0.25, 0.3) is 0 Å². The van der Waals surface area contributed by atoms with E-state index in [1.165, 1.54) is 0 Å². The maximum absolute atomic E-state index is 12.1. The zero-order valence-corrected chi connectivity index (χ0v) is 12.7. The molecule has 9 nitrogen and oxygen atoms in total. The molecule has 1 fully saturated rings. The Kier molecular flexibility index (Phi) is 5.11. The van der Waals surface area contributed by atoms with E-state index < -0.39 is 14.9 Å². The number of rotatable bonds is 7. The molecular formula is C10H16N4O5S2. The van der Waals surface area contributed by atoms with Gasteiger partial charge in [-0.15, -0.1) is 0 Å². The van der Waals surface area contributed by atoms with E-state index in [4.69, 9.17) is 10.6 Å². The first kappa shape index (κ1) is 16.1. The van der Waals surface area contributed by atoms with Gasteiger partial charge in [-0.1, -0.05) is 11.3 Å². The largest absolute Gasteiger partial charge is 0.378 e. The standard InChI is InChI=1S/C10H16N4O5S2/c11-13-10-8(14(15)16)6-9(20-10)21(17,18)12-4-3-7-2-1-5-19-7/h6-7,12-13H,1-5,11H2. The van der Waals surface area contributed by atoms with Crippen LogP contribution in [-0.4, -0.2) is 32.6 Å². The van der Waals surface area contributed by atoms with Crippen molar-refractivity contribution in [1.29, 1.82) is 0 Å². The molecule has 1 aromatic rings. The highest BCUT2D eigenvalue weighted by molar-refractivity contribution is 7.91. The summed E-state index contributed by atoms with van der Waals surface area (Å²) in [5.41, 5.74) is 1.78. The first-order valence-electron chi connectivity index (χ1n) is 6.30. The first-order chi connectivity index (χ1) is 9.94. The fourth-order valence-corrected chi connectivity index (χ4v) is 4.36. The molecule has 0 aromatic carbocycles. The summed E-state index contributed by atoms with van der Waals surface area (Å²) in [6.07, 6.45) is 2.56. The van der Waals surface area contributed by atoms with Crippen molar-refractivity contribution in [3.63, 3.8) is 0 Å². The van der Waals surface area contributed by atoms with Gasteiger partial charge >= 0.3 is 5.69 Å². The lowest BCUT2D eigenvalue weighted by Crippen LogP contribution is -2.26. The lowest BCUT2D eigenvalue weighted by atomic mass is 10.2. The minimum Gasteiger partial charge on any atom is -0.378 e. The molecule has 1 aliphatic rings. The molecule has 21 heavy (non-hydrogen) atoms. The average molecular weight is 336 g/mol. The number of sulfonamides is 1. The predicted molar refractivity (Wildman–Crippen MR) is 77.6 cm³/mol. The highest BCUT2D eigenvalue weighted by atomic mass is 32.2. The molecule has 1 aromatic heterocycles. The molecule has 1 saturated heterocycles. The number of thiophene rings is 1. The Labute approximate surface area is 125 Å². The van der Waals surface area contributed by atoms with Crippen molar-refractivity contribution in [3.8, 4) is 0 Å². The van der Waals surface area contributed by atoms with Gasteiger partial charge in [0.15, 0.2) is 5.00 Å². The van der Waals surface area contributed by atoms with Crippen molar-refractivity contribution in [2.45, 2.75) is 29.6 Å². The van der Waals surface area contributed by atoms with Crippen LogP contribution in [0.2, 0.25) is 0 Å². The van der Waals surface area contributed by atoms with E-state index in [-0.39, 0.29) is 27.5 Å². The minimum absolute atomic E-state index is 0.000462. The molecule has 118 valence electrons.